The third-order valence-corrected chi connectivity index (χ3v) is 2.93. The Bertz CT molecular complexity index is 375. The Morgan fingerprint density at radius 3 is 1.86 bits per heavy atom. The molecule has 0 aliphatic heterocycles. The second-order valence-electron chi connectivity index (χ2n) is 5.15. The molecule has 22 heavy (non-hydrogen) atoms. The van der Waals surface area contributed by atoms with Crippen LogP contribution in [0.4, 0.5) is 0 Å². The van der Waals surface area contributed by atoms with E-state index in [1.807, 2.05) is 0 Å². The zero-order valence-electron chi connectivity index (χ0n) is 13.3. The van der Waals surface area contributed by atoms with Crippen LogP contribution in [0.1, 0.15) is 58.3 Å². The molecule has 0 bridgehead atoms. The lowest BCUT2D eigenvalue weighted by Gasteiger charge is -2.05. The lowest BCUT2D eigenvalue weighted by Crippen LogP contribution is -2.08. The highest BCUT2D eigenvalue weighted by Crippen LogP contribution is 2.06. The molecule has 0 rings (SSSR count). The molecule has 0 radical (unpaired) electrons. The number of carboxylic acid groups (broad SMARTS) is 1. The highest BCUT2D eigenvalue weighted by atomic mass is 16.5. The van der Waals surface area contributed by atoms with Gasteiger partial charge in [-0.2, -0.15) is 0 Å². The third kappa shape index (κ3) is 13.1. The Morgan fingerprint density at radius 2 is 1.36 bits per heavy atom. The van der Waals surface area contributed by atoms with Gasteiger partial charge in [0.05, 0.1) is 26.1 Å². The first-order valence-electron chi connectivity index (χ1n) is 7.63. The second kappa shape index (κ2) is 12.9. The molecular weight excluding hydrogens is 288 g/mol. The van der Waals surface area contributed by atoms with Gasteiger partial charge in [-0.3, -0.25) is 9.59 Å². The standard InChI is InChI=1S/C16H26O6/c1-13(2)16(20)22-12-8-6-4-3-5-7-11-21-15(19)10-9-14(17)18/h1,3-12H2,2H3,(H,17,18). The zero-order chi connectivity index (χ0) is 16.8. The number of unbranched alkanes of at least 4 members (excludes halogenated alkanes) is 5. The first kappa shape index (κ1) is 20.1. The number of carboxylic acids is 1. The lowest BCUT2D eigenvalue weighted by molar-refractivity contribution is -0.147. The fourth-order valence-electron chi connectivity index (χ4n) is 1.67. The van der Waals surface area contributed by atoms with Crippen LogP contribution in [0.15, 0.2) is 12.2 Å². The highest BCUT2D eigenvalue weighted by Gasteiger charge is 2.06. The molecule has 0 atom stereocenters. The van der Waals surface area contributed by atoms with Crippen LogP contribution in [0.5, 0.6) is 0 Å². The minimum Gasteiger partial charge on any atom is -0.481 e. The van der Waals surface area contributed by atoms with Gasteiger partial charge in [0.25, 0.3) is 0 Å². The SMILES string of the molecule is C=C(C)C(=O)OCCCCCCCCOC(=O)CCC(=O)O. The van der Waals surface area contributed by atoms with Crippen molar-refractivity contribution in [3.8, 4) is 0 Å². The van der Waals surface area contributed by atoms with Crippen molar-refractivity contribution in [3.05, 3.63) is 12.2 Å². The van der Waals surface area contributed by atoms with Crippen molar-refractivity contribution in [3.63, 3.8) is 0 Å². The zero-order valence-corrected chi connectivity index (χ0v) is 13.3. The third-order valence-electron chi connectivity index (χ3n) is 2.93. The molecule has 0 aliphatic carbocycles. The van der Waals surface area contributed by atoms with Gasteiger partial charge < -0.3 is 14.6 Å². The highest BCUT2D eigenvalue weighted by molar-refractivity contribution is 5.86. The van der Waals surface area contributed by atoms with E-state index in [9.17, 15) is 14.4 Å². The van der Waals surface area contributed by atoms with Crippen molar-refractivity contribution in [1.29, 1.82) is 0 Å². The molecule has 6 nitrogen and oxygen atoms in total. The van der Waals surface area contributed by atoms with E-state index in [1.54, 1.807) is 6.92 Å². The predicted octanol–water partition coefficient (Wildman–Crippen LogP) is 2.85. The molecule has 0 aromatic heterocycles. The Morgan fingerprint density at radius 1 is 0.864 bits per heavy atom. The van der Waals surface area contributed by atoms with Crippen LogP contribution < -0.4 is 0 Å². The fourth-order valence-corrected chi connectivity index (χ4v) is 1.67. The fraction of sp³-hybridized carbons (Fsp3) is 0.688. The van der Waals surface area contributed by atoms with Gasteiger partial charge in [-0.15, -0.1) is 0 Å². The van der Waals surface area contributed by atoms with Gasteiger partial charge in [0.1, 0.15) is 0 Å². The predicted molar refractivity (Wildman–Crippen MR) is 81.3 cm³/mol. The molecule has 0 aliphatic rings. The quantitative estimate of drug-likeness (QED) is 0.319. The van der Waals surface area contributed by atoms with Crippen molar-refractivity contribution in [2.75, 3.05) is 13.2 Å². The molecule has 126 valence electrons. The maximum Gasteiger partial charge on any atom is 0.333 e. The topological polar surface area (TPSA) is 89.9 Å². The summed E-state index contributed by atoms with van der Waals surface area (Å²) >= 11 is 0. The van der Waals surface area contributed by atoms with Crippen molar-refractivity contribution in [2.45, 2.75) is 58.3 Å². The minimum atomic E-state index is -0.995. The smallest absolute Gasteiger partial charge is 0.333 e. The number of hydrogen-bond acceptors (Lipinski definition) is 5. The molecule has 0 aromatic rings. The second-order valence-corrected chi connectivity index (χ2v) is 5.15. The molecule has 0 saturated heterocycles. The summed E-state index contributed by atoms with van der Waals surface area (Å²) in [6.07, 6.45) is 5.37. The van der Waals surface area contributed by atoms with E-state index in [-0.39, 0.29) is 18.8 Å². The number of ether oxygens (including phenoxy) is 2. The molecule has 0 amide bonds. The summed E-state index contributed by atoms with van der Waals surface area (Å²) < 4.78 is 9.90. The summed E-state index contributed by atoms with van der Waals surface area (Å²) in [7, 11) is 0. The van der Waals surface area contributed by atoms with Crippen LogP contribution in [0.25, 0.3) is 0 Å². The summed E-state index contributed by atoms with van der Waals surface area (Å²) in [6.45, 7) is 5.89. The van der Waals surface area contributed by atoms with Gasteiger partial charge in [-0.25, -0.2) is 4.79 Å². The largest absolute Gasteiger partial charge is 0.481 e. The van der Waals surface area contributed by atoms with Crippen LogP contribution in [0, 0.1) is 0 Å². The van der Waals surface area contributed by atoms with Crippen molar-refractivity contribution in [2.24, 2.45) is 0 Å². The molecule has 6 heteroatoms. The molecule has 0 aromatic carbocycles. The molecule has 0 fully saturated rings. The van der Waals surface area contributed by atoms with Gasteiger partial charge >= 0.3 is 17.9 Å². The van der Waals surface area contributed by atoms with Crippen LogP contribution in [-0.2, 0) is 23.9 Å². The molecule has 0 spiro atoms. The maximum absolute atomic E-state index is 11.1. The summed E-state index contributed by atoms with van der Waals surface area (Å²) in [4.78, 5) is 32.5. The maximum atomic E-state index is 11.1. The Kier molecular flexibility index (Phi) is 11.8. The summed E-state index contributed by atoms with van der Waals surface area (Å²) in [5.41, 5.74) is 0.415. The summed E-state index contributed by atoms with van der Waals surface area (Å²) in [5, 5.41) is 8.41. The van der Waals surface area contributed by atoms with Gasteiger partial charge in [0, 0.05) is 5.57 Å². The van der Waals surface area contributed by atoms with E-state index < -0.39 is 11.9 Å². The van der Waals surface area contributed by atoms with Crippen molar-refractivity contribution in [1.82, 2.24) is 0 Å². The molecule has 0 heterocycles. The number of esters is 2. The van der Waals surface area contributed by atoms with Gasteiger partial charge in [-0.1, -0.05) is 32.3 Å². The van der Waals surface area contributed by atoms with Crippen LogP contribution >= 0.6 is 0 Å². The van der Waals surface area contributed by atoms with E-state index >= 15 is 0 Å². The molecule has 0 unspecified atom stereocenters. The lowest BCUT2D eigenvalue weighted by atomic mass is 10.1. The van der Waals surface area contributed by atoms with Crippen LogP contribution in [0.2, 0.25) is 0 Å². The van der Waals surface area contributed by atoms with Gasteiger partial charge in [-0.05, 0) is 19.8 Å². The van der Waals surface area contributed by atoms with Crippen molar-refractivity contribution < 1.29 is 29.0 Å². The van der Waals surface area contributed by atoms with E-state index in [4.69, 9.17) is 14.6 Å². The van der Waals surface area contributed by atoms with Gasteiger partial charge in [0.15, 0.2) is 0 Å². The Balaban J connectivity index is 3.27. The average molecular weight is 314 g/mol. The molecule has 1 N–H and O–H groups in total. The van der Waals surface area contributed by atoms with Gasteiger partial charge in [0.2, 0.25) is 0 Å². The molecule has 0 saturated carbocycles. The normalized spacial score (nSPS) is 10.0. The first-order valence-corrected chi connectivity index (χ1v) is 7.63. The Hall–Kier alpha value is -1.85. The van der Waals surface area contributed by atoms with Crippen LogP contribution in [-0.4, -0.2) is 36.2 Å². The summed E-state index contributed by atoms with van der Waals surface area (Å²) in [5.74, 6) is -1.79. The summed E-state index contributed by atoms with van der Waals surface area (Å²) in [6, 6.07) is 0. The van der Waals surface area contributed by atoms with Crippen LogP contribution in [0.3, 0.4) is 0 Å². The van der Waals surface area contributed by atoms with E-state index in [0.29, 0.717) is 18.8 Å². The minimum absolute atomic E-state index is 0.0712. The van der Waals surface area contributed by atoms with E-state index in [2.05, 4.69) is 6.58 Å². The van der Waals surface area contributed by atoms with E-state index in [0.717, 1.165) is 38.5 Å². The number of rotatable bonds is 13. The van der Waals surface area contributed by atoms with Crippen molar-refractivity contribution >= 4 is 17.9 Å². The average Bonchev–Trinajstić information content (AvgIpc) is 2.46. The monoisotopic (exact) mass is 314 g/mol. The molecular formula is C16H26O6. The number of carbonyl (C=O) groups is 3. The number of hydrogen-bond donors (Lipinski definition) is 1. The Labute approximate surface area is 131 Å². The van der Waals surface area contributed by atoms with E-state index in [1.165, 1.54) is 0 Å². The number of aliphatic carboxylic acids is 1. The number of carbonyl (C=O) groups excluding carboxylic acids is 2. The first-order chi connectivity index (χ1) is 10.4.